The van der Waals surface area contributed by atoms with Crippen LogP contribution in [0.3, 0.4) is 0 Å². The van der Waals surface area contributed by atoms with Gasteiger partial charge in [-0.3, -0.25) is 0 Å². The number of carbonyl (C=O) groups excluding carboxylic acids is 1. The fraction of sp³-hybridized carbons (Fsp3) is 0.467. The molecule has 0 bridgehead atoms. The van der Waals surface area contributed by atoms with Crippen molar-refractivity contribution < 1.29 is 4.79 Å². The van der Waals surface area contributed by atoms with Gasteiger partial charge in [-0.2, -0.15) is 5.26 Å². The average molecular weight is 270 g/mol. The zero-order valence-corrected chi connectivity index (χ0v) is 11.3. The van der Waals surface area contributed by atoms with Gasteiger partial charge in [0.1, 0.15) is 0 Å². The Morgan fingerprint density at radius 2 is 2.35 bits per heavy atom. The van der Waals surface area contributed by atoms with Crippen molar-refractivity contribution in [1.82, 2.24) is 10.2 Å². The number of piperidine rings is 1. The summed E-state index contributed by atoms with van der Waals surface area (Å²) in [5, 5.41) is 15.2. The molecule has 2 heterocycles. The number of rotatable bonds is 1. The molecule has 104 valence electrons. The van der Waals surface area contributed by atoms with Crippen LogP contribution in [-0.2, 0) is 0 Å². The van der Waals surface area contributed by atoms with Crippen molar-refractivity contribution in [3.05, 3.63) is 29.8 Å². The highest BCUT2D eigenvalue weighted by Gasteiger charge is 2.36. The lowest BCUT2D eigenvalue weighted by atomic mass is 9.94. The molecule has 0 spiro atoms. The quantitative estimate of drug-likeness (QED) is 0.817. The van der Waals surface area contributed by atoms with Crippen LogP contribution in [0.4, 0.5) is 10.5 Å². The summed E-state index contributed by atoms with van der Waals surface area (Å²) in [7, 11) is 0. The molecule has 2 N–H and O–H groups in total. The molecule has 2 unspecified atom stereocenters. The van der Waals surface area contributed by atoms with Crippen LogP contribution in [0.1, 0.15) is 18.4 Å². The summed E-state index contributed by atoms with van der Waals surface area (Å²) in [5.74, 6) is 0.583. The van der Waals surface area contributed by atoms with Crippen molar-refractivity contribution >= 4 is 11.7 Å². The van der Waals surface area contributed by atoms with Gasteiger partial charge in [-0.1, -0.05) is 6.07 Å². The first kappa shape index (κ1) is 12.9. The molecule has 0 aromatic heterocycles. The summed E-state index contributed by atoms with van der Waals surface area (Å²) in [4.78, 5) is 14.1. The van der Waals surface area contributed by atoms with E-state index < -0.39 is 0 Å². The van der Waals surface area contributed by atoms with E-state index in [2.05, 4.69) is 16.7 Å². The summed E-state index contributed by atoms with van der Waals surface area (Å²) < 4.78 is 0. The van der Waals surface area contributed by atoms with E-state index in [0.717, 1.165) is 19.6 Å². The van der Waals surface area contributed by atoms with Gasteiger partial charge >= 0.3 is 6.03 Å². The van der Waals surface area contributed by atoms with Gasteiger partial charge in [-0.05, 0) is 43.5 Å². The fourth-order valence-electron chi connectivity index (χ4n) is 3.08. The first-order valence-electron chi connectivity index (χ1n) is 7.06. The molecule has 2 amide bonds. The van der Waals surface area contributed by atoms with E-state index in [1.54, 1.807) is 24.3 Å². The molecule has 3 rings (SSSR count). The summed E-state index contributed by atoms with van der Waals surface area (Å²) in [6.07, 6.45) is 2.40. The number of amides is 2. The molecule has 2 aliphatic rings. The number of nitriles is 1. The molecule has 5 heteroatoms. The summed E-state index contributed by atoms with van der Waals surface area (Å²) in [6, 6.07) is 9.45. The molecular weight excluding hydrogens is 252 g/mol. The molecule has 5 nitrogen and oxygen atoms in total. The third kappa shape index (κ3) is 2.61. The number of likely N-dealkylation sites (tertiary alicyclic amines) is 1. The minimum atomic E-state index is -0.0729. The molecule has 0 saturated carbocycles. The Hall–Kier alpha value is -2.06. The predicted molar refractivity (Wildman–Crippen MR) is 76.3 cm³/mol. The number of hydrogen-bond donors (Lipinski definition) is 2. The van der Waals surface area contributed by atoms with E-state index in [0.29, 0.717) is 23.2 Å². The Kier molecular flexibility index (Phi) is 3.57. The summed E-state index contributed by atoms with van der Waals surface area (Å²) in [6.45, 7) is 2.65. The maximum atomic E-state index is 12.3. The molecule has 20 heavy (non-hydrogen) atoms. The number of anilines is 1. The second-order valence-electron chi connectivity index (χ2n) is 5.49. The summed E-state index contributed by atoms with van der Waals surface area (Å²) in [5.41, 5.74) is 1.23. The van der Waals surface area contributed by atoms with Crippen LogP contribution in [-0.4, -0.2) is 36.6 Å². The standard InChI is InChI=1S/C15H18N4O/c16-8-11-3-1-5-13(7-11)18-15(20)19-9-12-4-2-6-17-14(12)10-19/h1,3,5,7,12,14,17H,2,4,6,9-10H2,(H,18,20). The first-order valence-corrected chi connectivity index (χ1v) is 7.06. The van der Waals surface area contributed by atoms with Gasteiger partial charge in [-0.25, -0.2) is 4.79 Å². The second kappa shape index (κ2) is 5.51. The zero-order chi connectivity index (χ0) is 13.9. The normalized spacial score (nSPS) is 24.9. The summed E-state index contributed by atoms with van der Waals surface area (Å²) >= 11 is 0. The highest BCUT2D eigenvalue weighted by Crippen LogP contribution is 2.25. The van der Waals surface area contributed by atoms with Gasteiger partial charge in [0.05, 0.1) is 11.6 Å². The molecule has 0 aliphatic carbocycles. The smallest absolute Gasteiger partial charge is 0.321 e. The highest BCUT2D eigenvalue weighted by atomic mass is 16.2. The number of benzene rings is 1. The molecule has 2 aliphatic heterocycles. The van der Waals surface area contributed by atoms with Gasteiger partial charge in [0.25, 0.3) is 0 Å². The number of fused-ring (bicyclic) bond motifs is 1. The van der Waals surface area contributed by atoms with Crippen LogP contribution < -0.4 is 10.6 Å². The Balaban J connectivity index is 1.63. The van der Waals surface area contributed by atoms with Crippen LogP contribution in [0, 0.1) is 17.2 Å². The molecule has 2 fully saturated rings. The molecule has 2 saturated heterocycles. The van der Waals surface area contributed by atoms with Gasteiger partial charge in [0.15, 0.2) is 0 Å². The molecule has 0 radical (unpaired) electrons. The van der Waals surface area contributed by atoms with Crippen molar-refractivity contribution in [2.75, 3.05) is 25.0 Å². The Bertz CT molecular complexity index is 537. The van der Waals surface area contributed by atoms with Crippen LogP contribution >= 0.6 is 0 Å². The zero-order valence-electron chi connectivity index (χ0n) is 11.3. The van der Waals surface area contributed by atoms with E-state index in [4.69, 9.17) is 5.26 Å². The molecular formula is C15H18N4O. The third-order valence-electron chi connectivity index (χ3n) is 4.13. The van der Waals surface area contributed by atoms with Crippen LogP contribution in [0.2, 0.25) is 0 Å². The van der Waals surface area contributed by atoms with E-state index in [1.165, 1.54) is 12.8 Å². The second-order valence-corrected chi connectivity index (χ2v) is 5.49. The van der Waals surface area contributed by atoms with E-state index in [9.17, 15) is 4.79 Å². The Morgan fingerprint density at radius 3 is 3.15 bits per heavy atom. The number of carbonyl (C=O) groups is 1. The first-order chi connectivity index (χ1) is 9.76. The van der Waals surface area contributed by atoms with Gasteiger partial charge in [0.2, 0.25) is 0 Å². The molecule has 1 aromatic rings. The SMILES string of the molecule is N#Cc1cccc(NC(=O)N2CC3CCCNC3C2)c1. The van der Waals surface area contributed by atoms with Crippen molar-refractivity contribution in [2.45, 2.75) is 18.9 Å². The Morgan fingerprint density at radius 1 is 1.45 bits per heavy atom. The van der Waals surface area contributed by atoms with Gasteiger partial charge < -0.3 is 15.5 Å². The van der Waals surface area contributed by atoms with Crippen molar-refractivity contribution in [2.24, 2.45) is 5.92 Å². The van der Waals surface area contributed by atoms with Crippen molar-refractivity contribution in [1.29, 1.82) is 5.26 Å². The van der Waals surface area contributed by atoms with Gasteiger partial charge in [-0.15, -0.1) is 0 Å². The lowest BCUT2D eigenvalue weighted by molar-refractivity contribution is 0.220. The minimum absolute atomic E-state index is 0.0729. The highest BCUT2D eigenvalue weighted by molar-refractivity contribution is 5.89. The Labute approximate surface area is 118 Å². The molecule has 1 aromatic carbocycles. The third-order valence-corrected chi connectivity index (χ3v) is 4.13. The van der Waals surface area contributed by atoms with Crippen molar-refractivity contribution in [3.8, 4) is 6.07 Å². The van der Waals surface area contributed by atoms with E-state index in [1.807, 2.05) is 4.90 Å². The van der Waals surface area contributed by atoms with E-state index >= 15 is 0 Å². The van der Waals surface area contributed by atoms with E-state index in [-0.39, 0.29) is 6.03 Å². The lowest BCUT2D eigenvalue weighted by Gasteiger charge is -2.24. The van der Waals surface area contributed by atoms with Gasteiger partial charge in [0, 0.05) is 24.8 Å². The fourth-order valence-corrected chi connectivity index (χ4v) is 3.08. The van der Waals surface area contributed by atoms with Crippen molar-refractivity contribution in [3.63, 3.8) is 0 Å². The largest absolute Gasteiger partial charge is 0.323 e. The maximum Gasteiger partial charge on any atom is 0.321 e. The average Bonchev–Trinajstić information content (AvgIpc) is 2.91. The van der Waals surface area contributed by atoms with Crippen LogP contribution in [0.15, 0.2) is 24.3 Å². The lowest BCUT2D eigenvalue weighted by Crippen LogP contribution is -2.41. The predicted octanol–water partition coefficient (Wildman–Crippen LogP) is 1.77. The topological polar surface area (TPSA) is 68.2 Å². The molecule has 2 atom stereocenters. The number of urea groups is 1. The number of hydrogen-bond acceptors (Lipinski definition) is 3. The monoisotopic (exact) mass is 270 g/mol. The number of nitrogens with zero attached hydrogens (tertiary/aromatic N) is 2. The maximum absolute atomic E-state index is 12.3. The minimum Gasteiger partial charge on any atom is -0.323 e. The van der Waals surface area contributed by atoms with Crippen LogP contribution in [0.5, 0.6) is 0 Å². The number of nitrogens with one attached hydrogen (secondary N) is 2. The van der Waals surface area contributed by atoms with Crippen LogP contribution in [0.25, 0.3) is 0 Å².